The summed E-state index contributed by atoms with van der Waals surface area (Å²) in [5.41, 5.74) is 2.84. The van der Waals surface area contributed by atoms with E-state index in [0.717, 1.165) is 19.6 Å². The van der Waals surface area contributed by atoms with Crippen molar-refractivity contribution in [3.05, 3.63) is 77.1 Å². The van der Waals surface area contributed by atoms with Gasteiger partial charge in [0.15, 0.2) is 0 Å². The van der Waals surface area contributed by atoms with Gasteiger partial charge in [0.25, 0.3) is 11.8 Å². The number of hydrogen-bond donors (Lipinski definition) is 0. The second-order valence-corrected chi connectivity index (χ2v) is 8.24. The summed E-state index contributed by atoms with van der Waals surface area (Å²) in [5, 5.41) is 2.55. The van der Waals surface area contributed by atoms with Crippen LogP contribution in [0.15, 0.2) is 54.6 Å². The summed E-state index contributed by atoms with van der Waals surface area (Å²) in [7, 11) is 3.38. The van der Waals surface area contributed by atoms with Crippen LogP contribution in [0.25, 0.3) is 10.8 Å². The molecule has 3 aromatic rings. The van der Waals surface area contributed by atoms with Crippen LogP contribution in [0.4, 0.5) is 0 Å². The molecule has 2 amide bonds. The molecule has 0 atom stereocenters. The topological polar surface area (TPSA) is 56.8 Å². The first kappa shape index (κ1) is 21.0. The van der Waals surface area contributed by atoms with Gasteiger partial charge >= 0.3 is 0 Å². The molecule has 2 aromatic carbocycles. The predicted molar refractivity (Wildman–Crippen MR) is 122 cm³/mol. The van der Waals surface area contributed by atoms with Crippen molar-refractivity contribution in [3.63, 3.8) is 0 Å². The van der Waals surface area contributed by atoms with Gasteiger partial charge in [-0.25, -0.2) is 4.98 Å². The lowest BCUT2D eigenvalue weighted by Gasteiger charge is -2.35. The highest BCUT2D eigenvalue weighted by Gasteiger charge is 2.24. The maximum atomic E-state index is 13.0. The predicted octanol–water partition coefficient (Wildman–Crippen LogP) is 3.20. The lowest BCUT2D eigenvalue weighted by molar-refractivity contribution is 0.0627. The maximum absolute atomic E-state index is 13.0. The molecular formula is C25H28N4O2. The molecule has 1 aliphatic heterocycles. The fourth-order valence-corrected chi connectivity index (χ4v) is 4.09. The van der Waals surface area contributed by atoms with Gasteiger partial charge in [0.1, 0.15) is 5.69 Å². The van der Waals surface area contributed by atoms with E-state index >= 15 is 0 Å². The van der Waals surface area contributed by atoms with Gasteiger partial charge < -0.3 is 9.80 Å². The number of rotatable bonds is 4. The summed E-state index contributed by atoms with van der Waals surface area (Å²) in [6.07, 6.45) is 0. The Hall–Kier alpha value is -3.25. The largest absolute Gasteiger partial charge is 0.343 e. The van der Waals surface area contributed by atoms with Crippen LogP contribution in [0, 0.1) is 6.92 Å². The van der Waals surface area contributed by atoms with Crippen molar-refractivity contribution < 1.29 is 9.59 Å². The number of carbonyl (C=O) groups is 2. The van der Waals surface area contributed by atoms with E-state index in [9.17, 15) is 9.59 Å². The number of amides is 2. The number of hydrogen-bond acceptors (Lipinski definition) is 4. The molecule has 0 saturated carbocycles. The molecule has 6 heteroatoms. The molecular weight excluding hydrogens is 388 g/mol. The van der Waals surface area contributed by atoms with Gasteiger partial charge in [-0.15, -0.1) is 0 Å². The molecule has 31 heavy (non-hydrogen) atoms. The van der Waals surface area contributed by atoms with E-state index in [1.54, 1.807) is 33.2 Å². The SMILES string of the molecule is Cc1nc(C(=O)N(C)C)ccc1C(=O)N1CCN(Cc2cccc3ccccc23)CC1. The molecule has 4 rings (SSSR count). The van der Waals surface area contributed by atoms with Crippen LogP contribution in [-0.4, -0.2) is 71.8 Å². The van der Waals surface area contributed by atoms with Crippen LogP contribution in [0.3, 0.4) is 0 Å². The van der Waals surface area contributed by atoms with Crippen molar-refractivity contribution in [2.24, 2.45) is 0 Å². The quantitative estimate of drug-likeness (QED) is 0.655. The third-order valence-corrected chi connectivity index (χ3v) is 5.87. The normalized spacial score (nSPS) is 14.6. The number of piperazine rings is 1. The highest BCUT2D eigenvalue weighted by Crippen LogP contribution is 2.21. The second kappa shape index (κ2) is 8.86. The van der Waals surface area contributed by atoms with Crippen molar-refractivity contribution in [2.45, 2.75) is 13.5 Å². The number of aromatic nitrogens is 1. The first-order valence-corrected chi connectivity index (χ1v) is 10.6. The van der Waals surface area contributed by atoms with E-state index in [-0.39, 0.29) is 11.8 Å². The van der Waals surface area contributed by atoms with Gasteiger partial charge in [-0.05, 0) is 35.4 Å². The van der Waals surface area contributed by atoms with E-state index in [2.05, 4.69) is 52.3 Å². The standard InChI is InChI=1S/C25H28N4O2/c1-18-21(11-12-23(26-18)25(31)27(2)3)24(30)29-15-13-28(14-16-29)17-20-9-6-8-19-7-4-5-10-22(19)20/h4-12H,13-17H2,1-3H3. The van der Waals surface area contributed by atoms with E-state index in [1.807, 2.05) is 4.90 Å². The molecule has 1 saturated heterocycles. The van der Waals surface area contributed by atoms with Crippen LogP contribution in [0.1, 0.15) is 32.1 Å². The summed E-state index contributed by atoms with van der Waals surface area (Å²) in [6.45, 7) is 5.70. The van der Waals surface area contributed by atoms with Crippen LogP contribution < -0.4 is 0 Å². The smallest absolute Gasteiger partial charge is 0.271 e. The summed E-state index contributed by atoms with van der Waals surface area (Å²) >= 11 is 0. The average molecular weight is 417 g/mol. The van der Waals surface area contributed by atoms with Gasteiger partial charge in [-0.1, -0.05) is 42.5 Å². The van der Waals surface area contributed by atoms with E-state index in [1.165, 1.54) is 21.2 Å². The first-order chi connectivity index (χ1) is 14.9. The second-order valence-electron chi connectivity index (χ2n) is 8.24. The highest BCUT2D eigenvalue weighted by atomic mass is 16.2. The summed E-state index contributed by atoms with van der Waals surface area (Å²) in [6, 6.07) is 18.3. The minimum atomic E-state index is -0.163. The summed E-state index contributed by atoms with van der Waals surface area (Å²) < 4.78 is 0. The lowest BCUT2D eigenvalue weighted by Crippen LogP contribution is -2.48. The Balaban J connectivity index is 1.40. The highest BCUT2D eigenvalue weighted by molar-refractivity contribution is 5.97. The Morgan fingerprint density at radius 3 is 2.35 bits per heavy atom. The minimum absolute atomic E-state index is 0.0151. The van der Waals surface area contributed by atoms with Crippen molar-refractivity contribution in [3.8, 4) is 0 Å². The lowest BCUT2D eigenvalue weighted by atomic mass is 10.0. The average Bonchev–Trinajstić information content (AvgIpc) is 2.79. The van der Waals surface area contributed by atoms with Crippen molar-refractivity contribution in [1.29, 1.82) is 0 Å². The Labute approximate surface area is 183 Å². The molecule has 2 heterocycles. The Morgan fingerprint density at radius 1 is 0.935 bits per heavy atom. The fraction of sp³-hybridized carbons (Fsp3) is 0.320. The maximum Gasteiger partial charge on any atom is 0.271 e. The molecule has 1 fully saturated rings. The molecule has 160 valence electrons. The number of aryl methyl sites for hydroxylation is 1. The number of carbonyl (C=O) groups excluding carboxylic acids is 2. The van der Waals surface area contributed by atoms with E-state index in [0.29, 0.717) is 30.0 Å². The van der Waals surface area contributed by atoms with Crippen LogP contribution in [0.5, 0.6) is 0 Å². The van der Waals surface area contributed by atoms with Gasteiger partial charge in [0, 0.05) is 46.8 Å². The summed E-state index contributed by atoms with van der Waals surface area (Å²) in [4.78, 5) is 35.3. The van der Waals surface area contributed by atoms with Gasteiger partial charge in [-0.3, -0.25) is 14.5 Å². The Morgan fingerprint density at radius 2 is 1.65 bits per heavy atom. The minimum Gasteiger partial charge on any atom is -0.343 e. The third-order valence-electron chi connectivity index (χ3n) is 5.87. The monoisotopic (exact) mass is 416 g/mol. The van der Waals surface area contributed by atoms with Crippen molar-refractivity contribution in [2.75, 3.05) is 40.3 Å². The van der Waals surface area contributed by atoms with Crippen LogP contribution >= 0.6 is 0 Å². The molecule has 6 nitrogen and oxygen atoms in total. The zero-order valence-electron chi connectivity index (χ0n) is 18.3. The van der Waals surface area contributed by atoms with Crippen molar-refractivity contribution in [1.82, 2.24) is 19.7 Å². The van der Waals surface area contributed by atoms with Crippen LogP contribution in [0.2, 0.25) is 0 Å². The van der Waals surface area contributed by atoms with Gasteiger partial charge in [0.2, 0.25) is 0 Å². The van der Waals surface area contributed by atoms with Crippen LogP contribution in [-0.2, 0) is 6.54 Å². The Bertz CT molecular complexity index is 1110. The molecule has 0 unspecified atom stereocenters. The number of pyridine rings is 1. The molecule has 1 aromatic heterocycles. The molecule has 0 N–H and O–H groups in total. The molecule has 0 spiro atoms. The van der Waals surface area contributed by atoms with Gasteiger partial charge in [-0.2, -0.15) is 0 Å². The molecule has 0 radical (unpaired) electrons. The number of nitrogens with zero attached hydrogens (tertiary/aromatic N) is 4. The fourth-order valence-electron chi connectivity index (χ4n) is 4.09. The molecule has 1 aliphatic rings. The molecule has 0 aliphatic carbocycles. The molecule has 0 bridgehead atoms. The zero-order valence-corrected chi connectivity index (χ0v) is 18.3. The summed E-state index contributed by atoms with van der Waals surface area (Å²) in [5.74, 6) is -0.178. The van der Waals surface area contributed by atoms with Crippen molar-refractivity contribution >= 4 is 22.6 Å². The first-order valence-electron chi connectivity index (χ1n) is 10.6. The van der Waals surface area contributed by atoms with Gasteiger partial charge in [0.05, 0.1) is 11.3 Å². The zero-order chi connectivity index (χ0) is 22.0. The number of fused-ring (bicyclic) bond motifs is 1. The van der Waals surface area contributed by atoms with E-state index in [4.69, 9.17) is 0 Å². The third kappa shape index (κ3) is 4.44. The Kier molecular flexibility index (Phi) is 6.00. The number of benzene rings is 2. The van der Waals surface area contributed by atoms with E-state index < -0.39 is 0 Å².